The Labute approximate surface area is 96.6 Å². The zero-order chi connectivity index (χ0) is 12.0. The number of nitrogens with zero attached hydrogens (tertiary/aromatic N) is 1. The van der Waals surface area contributed by atoms with Gasteiger partial charge in [-0.3, -0.25) is 9.59 Å². The van der Waals surface area contributed by atoms with E-state index in [1.807, 2.05) is 4.90 Å². The average Bonchev–Trinajstić information content (AvgIpc) is 2.29. The monoisotopic (exact) mass is 227 g/mol. The summed E-state index contributed by atoms with van der Waals surface area (Å²) in [5.74, 6) is -0.107. The number of likely N-dealkylation sites (tertiary alicyclic amines) is 1. The highest BCUT2D eigenvalue weighted by Crippen LogP contribution is 2.09. The molecular formula is C11H21N3O2. The summed E-state index contributed by atoms with van der Waals surface area (Å²) >= 11 is 0. The number of carbonyl (C=O) groups excluding carboxylic acids is 2. The van der Waals surface area contributed by atoms with Gasteiger partial charge in [-0.1, -0.05) is 0 Å². The van der Waals surface area contributed by atoms with E-state index >= 15 is 0 Å². The van der Waals surface area contributed by atoms with Crippen molar-refractivity contribution < 1.29 is 9.59 Å². The van der Waals surface area contributed by atoms with Gasteiger partial charge < -0.3 is 15.5 Å². The Hall–Kier alpha value is -1.10. The van der Waals surface area contributed by atoms with Gasteiger partial charge in [-0.25, -0.2) is 0 Å². The molecule has 0 saturated carbocycles. The van der Waals surface area contributed by atoms with E-state index in [2.05, 4.69) is 10.6 Å². The molecule has 0 spiro atoms. The van der Waals surface area contributed by atoms with Crippen LogP contribution in [0.15, 0.2) is 0 Å². The van der Waals surface area contributed by atoms with Crippen LogP contribution in [-0.4, -0.2) is 49.4 Å². The summed E-state index contributed by atoms with van der Waals surface area (Å²) < 4.78 is 0. The van der Waals surface area contributed by atoms with Crippen LogP contribution in [0, 0.1) is 0 Å². The van der Waals surface area contributed by atoms with Crippen molar-refractivity contribution in [2.75, 3.05) is 26.7 Å². The highest BCUT2D eigenvalue weighted by atomic mass is 16.2. The maximum atomic E-state index is 11.9. The van der Waals surface area contributed by atoms with Gasteiger partial charge in [0.15, 0.2) is 0 Å². The van der Waals surface area contributed by atoms with E-state index in [0.717, 1.165) is 25.9 Å². The molecule has 1 saturated heterocycles. The fraction of sp³-hybridized carbons (Fsp3) is 0.818. The lowest BCUT2D eigenvalue weighted by Crippen LogP contribution is -2.49. The van der Waals surface area contributed by atoms with E-state index < -0.39 is 6.04 Å². The molecule has 1 atom stereocenters. The van der Waals surface area contributed by atoms with E-state index in [9.17, 15) is 9.59 Å². The third-order valence-electron chi connectivity index (χ3n) is 2.75. The van der Waals surface area contributed by atoms with Gasteiger partial charge in [0.1, 0.15) is 6.04 Å². The number of likely N-dealkylation sites (N-methyl/N-ethyl adjacent to an activating group) is 1. The van der Waals surface area contributed by atoms with Crippen LogP contribution in [0.2, 0.25) is 0 Å². The van der Waals surface area contributed by atoms with Crippen LogP contribution in [0.5, 0.6) is 0 Å². The first-order valence-corrected chi connectivity index (χ1v) is 5.88. The van der Waals surface area contributed by atoms with Crippen LogP contribution < -0.4 is 10.6 Å². The first-order valence-electron chi connectivity index (χ1n) is 5.88. The van der Waals surface area contributed by atoms with Gasteiger partial charge in [0.25, 0.3) is 0 Å². The van der Waals surface area contributed by atoms with Crippen LogP contribution in [0.1, 0.15) is 26.2 Å². The Morgan fingerprint density at radius 1 is 1.25 bits per heavy atom. The molecule has 0 bridgehead atoms. The second-order valence-corrected chi connectivity index (χ2v) is 4.21. The lowest BCUT2D eigenvalue weighted by molar-refractivity contribution is -0.136. The van der Waals surface area contributed by atoms with E-state index in [-0.39, 0.29) is 18.4 Å². The van der Waals surface area contributed by atoms with E-state index in [1.54, 1.807) is 14.0 Å². The van der Waals surface area contributed by atoms with E-state index in [4.69, 9.17) is 0 Å². The molecule has 5 nitrogen and oxygen atoms in total. The molecular weight excluding hydrogens is 206 g/mol. The van der Waals surface area contributed by atoms with Crippen molar-refractivity contribution in [3.8, 4) is 0 Å². The van der Waals surface area contributed by atoms with E-state index in [1.165, 1.54) is 6.42 Å². The van der Waals surface area contributed by atoms with Gasteiger partial charge in [0.2, 0.25) is 11.8 Å². The predicted octanol–water partition coefficient (Wildman–Crippen LogP) is -0.277. The first kappa shape index (κ1) is 13.0. The number of amides is 2. The standard InChI is InChI=1S/C11H21N3O2/c1-9(13-10(15)8-12-2)11(16)14-6-4-3-5-7-14/h9,12H,3-8H2,1-2H3,(H,13,15). The summed E-state index contributed by atoms with van der Waals surface area (Å²) in [5, 5.41) is 5.44. The first-order chi connectivity index (χ1) is 7.65. The fourth-order valence-corrected chi connectivity index (χ4v) is 1.90. The zero-order valence-electron chi connectivity index (χ0n) is 10.1. The molecule has 92 valence electrons. The van der Waals surface area contributed by atoms with Crippen LogP contribution in [0.3, 0.4) is 0 Å². The van der Waals surface area contributed by atoms with Gasteiger partial charge >= 0.3 is 0 Å². The van der Waals surface area contributed by atoms with Gasteiger partial charge in [-0.05, 0) is 33.2 Å². The van der Waals surface area contributed by atoms with Crippen molar-refractivity contribution in [1.82, 2.24) is 15.5 Å². The minimum absolute atomic E-state index is 0.0316. The lowest BCUT2D eigenvalue weighted by atomic mass is 10.1. The molecule has 0 aromatic rings. The highest BCUT2D eigenvalue weighted by Gasteiger charge is 2.22. The molecule has 0 aliphatic carbocycles. The van der Waals surface area contributed by atoms with Gasteiger partial charge in [-0.2, -0.15) is 0 Å². The highest BCUT2D eigenvalue weighted by molar-refractivity contribution is 5.88. The van der Waals surface area contributed by atoms with Crippen LogP contribution in [0.4, 0.5) is 0 Å². The van der Waals surface area contributed by atoms with Crippen molar-refractivity contribution in [1.29, 1.82) is 0 Å². The molecule has 0 radical (unpaired) electrons. The van der Waals surface area contributed by atoms with Gasteiger partial charge in [-0.15, -0.1) is 0 Å². The second kappa shape index (κ2) is 6.48. The summed E-state index contributed by atoms with van der Waals surface area (Å²) in [6.07, 6.45) is 3.34. The molecule has 0 aromatic heterocycles. The van der Waals surface area contributed by atoms with Gasteiger partial charge in [0.05, 0.1) is 6.54 Å². The molecule has 1 aliphatic rings. The summed E-state index contributed by atoms with van der Waals surface area (Å²) in [6.45, 7) is 3.64. The molecule has 1 unspecified atom stereocenters. The Kier molecular flexibility index (Phi) is 5.25. The molecule has 5 heteroatoms. The molecule has 1 rings (SSSR count). The maximum Gasteiger partial charge on any atom is 0.244 e. The third kappa shape index (κ3) is 3.81. The van der Waals surface area contributed by atoms with Crippen molar-refractivity contribution >= 4 is 11.8 Å². The van der Waals surface area contributed by atoms with Crippen LogP contribution in [0.25, 0.3) is 0 Å². The number of nitrogens with one attached hydrogen (secondary N) is 2. The lowest BCUT2D eigenvalue weighted by Gasteiger charge is -2.29. The summed E-state index contributed by atoms with van der Waals surface area (Å²) in [4.78, 5) is 25.1. The van der Waals surface area contributed by atoms with Crippen molar-refractivity contribution in [3.63, 3.8) is 0 Å². The summed E-state index contributed by atoms with van der Waals surface area (Å²) in [6, 6.07) is -0.418. The Morgan fingerprint density at radius 3 is 2.44 bits per heavy atom. The average molecular weight is 227 g/mol. The molecule has 0 aromatic carbocycles. The normalized spacial score (nSPS) is 18.0. The molecule has 2 amide bonds. The number of hydrogen-bond acceptors (Lipinski definition) is 3. The van der Waals surface area contributed by atoms with E-state index in [0.29, 0.717) is 0 Å². The summed E-state index contributed by atoms with van der Waals surface area (Å²) in [7, 11) is 1.71. The van der Waals surface area contributed by atoms with Crippen LogP contribution >= 0.6 is 0 Å². The number of hydrogen-bond donors (Lipinski definition) is 2. The Bertz CT molecular complexity index is 250. The molecule has 1 aliphatic heterocycles. The van der Waals surface area contributed by atoms with Crippen molar-refractivity contribution in [3.05, 3.63) is 0 Å². The van der Waals surface area contributed by atoms with Crippen LogP contribution in [-0.2, 0) is 9.59 Å². The largest absolute Gasteiger partial charge is 0.343 e. The Balaban J connectivity index is 2.37. The summed E-state index contributed by atoms with van der Waals surface area (Å²) in [5.41, 5.74) is 0. The molecule has 1 heterocycles. The van der Waals surface area contributed by atoms with Gasteiger partial charge in [0, 0.05) is 13.1 Å². The number of piperidine rings is 1. The SMILES string of the molecule is CNCC(=O)NC(C)C(=O)N1CCCCC1. The quantitative estimate of drug-likeness (QED) is 0.694. The molecule has 16 heavy (non-hydrogen) atoms. The number of rotatable bonds is 4. The molecule has 1 fully saturated rings. The topological polar surface area (TPSA) is 61.4 Å². The minimum Gasteiger partial charge on any atom is -0.343 e. The third-order valence-corrected chi connectivity index (χ3v) is 2.75. The van der Waals surface area contributed by atoms with Crippen molar-refractivity contribution in [2.24, 2.45) is 0 Å². The second-order valence-electron chi connectivity index (χ2n) is 4.21. The predicted molar refractivity (Wildman–Crippen MR) is 62.0 cm³/mol. The smallest absolute Gasteiger partial charge is 0.244 e. The minimum atomic E-state index is -0.418. The van der Waals surface area contributed by atoms with Crippen molar-refractivity contribution in [2.45, 2.75) is 32.2 Å². The molecule has 2 N–H and O–H groups in total. The fourth-order valence-electron chi connectivity index (χ4n) is 1.90. The Morgan fingerprint density at radius 2 is 1.88 bits per heavy atom. The number of carbonyl (C=O) groups is 2. The zero-order valence-corrected chi connectivity index (χ0v) is 10.1. The maximum absolute atomic E-state index is 11.9.